The van der Waals surface area contributed by atoms with Gasteiger partial charge in [-0.15, -0.1) is 11.6 Å². The van der Waals surface area contributed by atoms with Crippen molar-refractivity contribution in [3.63, 3.8) is 0 Å². The molecule has 0 unspecified atom stereocenters. The maximum Gasteiger partial charge on any atom is 0.375 e. The van der Waals surface area contributed by atoms with E-state index >= 15 is 0 Å². The Morgan fingerprint density at radius 2 is 0.641 bits per heavy atom. The number of carbonyl (C=O) groups is 3. The van der Waals surface area contributed by atoms with Crippen LogP contribution in [0.3, 0.4) is 0 Å². The number of aliphatic hydroxyl groups is 3. The molecule has 0 saturated carbocycles. The molecular weight excluding hydrogens is 1760 g/mol. The molecule has 10 N–H and O–H groups in total. The third-order valence-corrected chi connectivity index (χ3v) is 14.3. The monoisotopic (exact) mass is 1850 g/mol. The molecule has 0 aliphatic rings. The molecule has 0 saturated heterocycles. The number of azide groups is 6. The third kappa shape index (κ3) is 41.1. The molecule has 0 spiro atoms. The second kappa shape index (κ2) is 64.1. The second-order valence-electron chi connectivity index (χ2n) is 22.7. The van der Waals surface area contributed by atoms with Gasteiger partial charge in [0, 0.05) is 78.0 Å². The van der Waals surface area contributed by atoms with E-state index in [0.29, 0.717) is 12.0 Å². The molecule has 11 rings (SSSR count). The largest absolute Gasteiger partial charge is 0.502 e. The molecule has 0 aliphatic heterocycles. The van der Waals surface area contributed by atoms with Gasteiger partial charge in [-0.3, -0.25) is 43.2 Å². The lowest BCUT2D eigenvalue weighted by atomic mass is 10.2. The molecule has 0 amide bonds. The number of aliphatic hydroxyl groups excluding tert-OH is 3. The first-order valence-electron chi connectivity index (χ1n) is 34.0. The Balaban J connectivity index is -0.00000144. The molecule has 8 aromatic heterocycles. The number of carbonyl (C=O) groups excluding carboxylic acids is 1. The average molecular weight is 1850 g/mol. The number of halogens is 1. The highest BCUT2D eigenvalue weighted by Crippen LogP contribution is 2.22. The van der Waals surface area contributed by atoms with Crippen molar-refractivity contribution in [2.24, 2.45) is 30.7 Å². The maximum atomic E-state index is 12.0. The van der Waals surface area contributed by atoms with Crippen LogP contribution in [0.15, 0.2) is 263 Å². The van der Waals surface area contributed by atoms with Crippen molar-refractivity contribution in [3.8, 4) is 46.0 Å². The van der Waals surface area contributed by atoms with Crippen LogP contribution in [0.5, 0.6) is 46.0 Å². The number of aldehydes is 1. The fourth-order valence-electron chi connectivity index (χ4n) is 8.55. The molecule has 50 nitrogen and oxygen atoms in total. The van der Waals surface area contributed by atoms with Crippen molar-refractivity contribution >= 4 is 29.8 Å². The zero-order valence-electron chi connectivity index (χ0n) is 63.7. The number of carboxylic acids is 2. The van der Waals surface area contributed by atoms with Gasteiger partial charge in [-0.1, -0.05) is 166 Å². The van der Waals surface area contributed by atoms with E-state index in [-0.39, 0.29) is 191 Å². The summed E-state index contributed by atoms with van der Waals surface area (Å²) in [6, 6.07) is 36.0. The number of hydrogen-bond donors (Lipinski definition) is 10. The summed E-state index contributed by atoms with van der Waals surface area (Å²) in [5.74, 6) is -7.40. The number of aromatic carboxylic acids is 2. The van der Waals surface area contributed by atoms with Gasteiger partial charge in [-0.25, -0.2) is 9.59 Å². The van der Waals surface area contributed by atoms with E-state index in [1.807, 2.05) is 66.7 Å². The summed E-state index contributed by atoms with van der Waals surface area (Å²) >= 11 is 5.34. The molecule has 0 aliphatic carbocycles. The van der Waals surface area contributed by atoms with Crippen molar-refractivity contribution in [2.75, 3.05) is 0 Å². The average Bonchev–Trinajstić information content (AvgIpc) is 0.833. The third-order valence-electron chi connectivity index (χ3n) is 14.1. The molecule has 51 heteroatoms. The SMILES string of the molecule is C.C.C.C.C.C.O=c1cc(CCl)occ1O.O=c1cc(CO)occ1O.[N-]=[N+]=NCc1cc(=O)c(O)c(C(=O)O)o1.[N-]=[N+]=NCc1cc(=O)c(O)c(CO)o1.[N-]=[N+]=NCc1cc(=O)c(O)co1.[N-]=[N+]=NCc1cc(=O)c(OCc2ccccc2)c(C(=O)O)o1.[N-]=[N+]=NCc1cc(=O)c(OCc2ccccc2)c(C=O)o1.[N-]=[N+]=NCc1cc(=O)c(OCc2ccccc2)c(CO)o1. The topological polar surface area (TPSA) is 815 Å². The maximum absolute atomic E-state index is 12.0. The molecule has 0 fully saturated rings. The molecule has 8 heterocycles. The van der Waals surface area contributed by atoms with Gasteiger partial charge in [-0.2, -0.15) is 0 Å². The van der Waals surface area contributed by atoms with Crippen LogP contribution in [-0.4, -0.2) is 69.3 Å². The summed E-state index contributed by atoms with van der Waals surface area (Å²) in [6.07, 6.45) is 3.17. The number of rotatable bonds is 28. The van der Waals surface area contributed by atoms with Crippen LogP contribution in [0.1, 0.15) is 151 Å². The van der Waals surface area contributed by atoms with Crippen molar-refractivity contribution in [2.45, 2.75) is 129 Å². The van der Waals surface area contributed by atoms with Gasteiger partial charge in [0.1, 0.15) is 105 Å². The van der Waals surface area contributed by atoms with Crippen LogP contribution in [0.4, 0.5) is 0 Å². The van der Waals surface area contributed by atoms with Gasteiger partial charge in [0.25, 0.3) is 11.5 Å². The van der Waals surface area contributed by atoms with E-state index < -0.39 is 109 Å². The van der Waals surface area contributed by atoms with Crippen molar-refractivity contribution in [1.82, 2.24) is 0 Å². The summed E-state index contributed by atoms with van der Waals surface area (Å²) < 4.78 is 55.1. The first kappa shape index (κ1) is 117. The van der Waals surface area contributed by atoms with Crippen molar-refractivity contribution < 1.29 is 115 Å². The Kier molecular flexibility index (Phi) is 57.5. The first-order valence-corrected chi connectivity index (χ1v) is 34.6. The van der Waals surface area contributed by atoms with Crippen LogP contribution in [0, 0.1) is 0 Å². The zero-order valence-corrected chi connectivity index (χ0v) is 64.4. The molecule has 131 heavy (non-hydrogen) atoms. The predicted molar refractivity (Wildman–Crippen MR) is 465 cm³/mol. The normalized spacial score (nSPS) is 9.19. The number of carboxylic acid groups (broad SMARTS) is 2. The highest BCUT2D eigenvalue weighted by molar-refractivity contribution is 6.16. The quantitative estimate of drug-likeness (QED) is 0.00716. The number of ether oxygens (including phenoxy) is 3. The minimum atomic E-state index is -1.58. The smallest absolute Gasteiger partial charge is 0.375 e. The molecule has 696 valence electrons. The second-order valence-corrected chi connectivity index (χ2v) is 23.0. The van der Waals surface area contributed by atoms with Gasteiger partial charge in [0.05, 0.1) is 45.1 Å². The summed E-state index contributed by atoms with van der Waals surface area (Å²) in [5.41, 5.74) is 46.5. The Morgan fingerprint density at radius 1 is 0.351 bits per heavy atom. The predicted octanol–water partition coefficient (Wildman–Crippen LogP) is 15.5. The van der Waals surface area contributed by atoms with E-state index in [1.165, 1.54) is 6.07 Å². The van der Waals surface area contributed by atoms with Gasteiger partial charge >= 0.3 is 11.9 Å². The fraction of sp³-hybridized carbons (Fsp3) is 0.237. The number of nitrogens with zero attached hydrogens (tertiary/aromatic N) is 18. The van der Waals surface area contributed by atoms with Gasteiger partial charge in [0.2, 0.25) is 77.9 Å². The lowest BCUT2D eigenvalue weighted by molar-refractivity contribution is 0.0639. The summed E-state index contributed by atoms with van der Waals surface area (Å²) in [7, 11) is 0. The van der Waals surface area contributed by atoms with Crippen LogP contribution >= 0.6 is 11.6 Å². The van der Waals surface area contributed by atoms with Gasteiger partial charge in [0.15, 0.2) is 35.1 Å². The fourth-order valence-corrected chi connectivity index (χ4v) is 8.69. The van der Waals surface area contributed by atoms with Crippen molar-refractivity contribution in [3.05, 3.63) is 394 Å². The molecule has 0 bridgehead atoms. The van der Waals surface area contributed by atoms with Crippen molar-refractivity contribution in [1.29, 1.82) is 0 Å². The zero-order chi connectivity index (χ0) is 92.2. The van der Waals surface area contributed by atoms with Gasteiger partial charge < -0.3 is 101 Å². The van der Waals surface area contributed by atoms with E-state index in [0.717, 1.165) is 77.9 Å². The Bertz CT molecular complexity index is 6270. The Hall–Kier alpha value is -17.7. The molecule has 11 aromatic rings. The number of aromatic hydroxyl groups is 5. The summed E-state index contributed by atoms with van der Waals surface area (Å²) in [5, 5.41) is 108. The van der Waals surface area contributed by atoms with E-state index in [1.54, 1.807) is 24.3 Å². The van der Waals surface area contributed by atoms with E-state index in [9.17, 15) is 57.8 Å². The lowest BCUT2D eigenvalue weighted by Gasteiger charge is -2.09. The standard InChI is InChI=1S/C14H11N3O5.C14H13N3O4.C14H11N3O4.C7H5N3O5.C7H7N3O4.C6H5ClO3.C6H5N3O3.C6H6O4.6CH4/c15-17-16-7-10-6-11(18)12(13(22-10)14(19)20)21-8-9-4-2-1-3-5-9;2*15-17-16-7-11-6-12(19)14(13(8-18)21-11)20-9-10-4-2-1-3-5-10;8-10-9-2-3-1-4(11)5(12)6(15-3)7(13)14;8-10-9-2-4-1-5(12)7(13)6(3-11)14-4;7-2-4-1-5(8)6(9)3-10-4;7-9-8-2-4-1-5(10)6(11)3-12-4;7-2-4-1-5(8)6(9)3-10-4;;;;;;/h1-6H,7-8H2,(H,19,20);1-6,18H,7-9H2;1-6,8H,7,9H2;1,12H,2H2,(H,13,14);1,11,13H,2-3H2;1,3,9H,2H2;1,3,11H,2H2;1,3,7,9H,2H2;6*1H4. The molecule has 3 aromatic carbocycles. The van der Waals surface area contributed by atoms with Crippen LogP contribution in [-0.2, 0) is 84.8 Å². The minimum Gasteiger partial charge on any atom is -0.502 e. The molecule has 0 atom stereocenters. The minimum absolute atomic E-state index is 0. The highest BCUT2D eigenvalue weighted by atomic mass is 35.5. The van der Waals surface area contributed by atoms with Crippen LogP contribution in [0.25, 0.3) is 62.7 Å². The Labute approximate surface area is 742 Å². The lowest BCUT2D eigenvalue weighted by Crippen LogP contribution is -2.14. The van der Waals surface area contributed by atoms with E-state index in [4.69, 9.17) is 131 Å². The van der Waals surface area contributed by atoms with Crippen LogP contribution in [0.2, 0.25) is 0 Å². The van der Waals surface area contributed by atoms with Gasteiger partial charge in [-0.05, 0) is 49.9 Å². The molecule has 0 radical (unpaired) electrons. The van der Waals surface area contributed by atoms with Crippen LogP contribution < -0.4 is 57.6 Å². The molecular formula is C80H87ClN18O32. The summed E-state index contributed by atoms with van der Waals surface area (Å²) in [4.78, 5) is 138. The summed E-state index contributed by atoms with van der Waals surface area (Å²) in [6.45, 7) is -2.03. The Morgan fingerprint density at radius 3 is 1.00 bits per heavy atom. The highest BCUT2D eigenvalue weighted by Gasteiger charge is 2.22. The first-order chi connectivity index (χ1) is 60.0. The van der Waals surface area contributed by atoms with E-state index in [2.05, 4.69) is 69.0 Å². The number of alkyl halides is 1. The number of benzene rings is 3. The number of hydrogen-bond acceptors (Lipinski definition) is 36.